The highest BCUT2D eigenvalue weighted by Crippen LogP contribution is 2.26. The van der Waals surface area contributed by atoms with Crippen molar-refractivity contribution in [2.75, 3.05) is 13.2 Å². The van der Waals surface area contributed by atoms with E-state index in [2.05, 4.69) is 0 Å². The molecule has 32 heavy (non-hydrogen) atoms. The summed E-state index contributed by atoms with van der Waals surface area (Å²) in [6, 6.07) is 17.8. The van der Waals surface area contributed by atoms with Crippen molar-refractivity contribution in [2.24, 2.45) is 5.92 Å². The molecule has 3 aromatic carbocycles. The van der Waals surface area contributed by atoms with E-state index in [9.17, 15) is 18.4 Å². The lowest BCUT2D eigenvalue weighted by molar-refractivity contribution is -0.134. The minimum atomic E-state index is -4.09. The molecule has 170 valence electrons. The largest absolute Gasteiger partial charge is 0.492 e. The van der Waals surface area contributed by atoms with Crippen LogP contribution >= 0.6 is 11.6 Å². The molecule has 0 aliphatic rings. The molecular formula is C23H25ClN2O5S. The molecule has 2 N–H and O–H groups in total. The molecular weight excluding hydrogens is 452 g/mol. The number of hydrogen-bond donors (Lipinski definition) is 2. The summed E-state index contributed by atoms with van der Waals surface area (Å²) >= 11 is 5.88. The molecule has 1 amide bonds. The number of fused-ring (bicyclic) bond motifs is 1. The van der Waals surface area contributed by atoms with E-state index >= 15 is 0 Å². The highest BCUT2D eigenvalue weighted by Gasteiger charge is 2.38. The van der Waals surface area contributed by atoms with Gasteiger partial charge in [0.25, 0.3) is 5.91 Å². The Hall–Kier alpha value is -2.65. The highest BCUT2D eigenvalue weighted by molar-refractivity contribution is 7.89. The summed E-state index contributed by atoms with van der Waals surface area (Å²) < 4.78 is 34.0. The standard InChI is InChI=1S/C23H25ClN2O5S/c1-16(2)22(23(27)25-28)26(13-14-31-20-10-8-19(24)9-11-20)32(29,30)21-12-7-17-5-3-4-6-18(17)15-21/h3-12,15-16,22,28H,13-14H2,1-2H3,(H,25,27). The Morgan fingerprint density at radius 2 is 1.72 bits per heavy atom. The summed E-state index contributed by atoms with van der Waals surface area (Å²) in [5, 5.41) is 11.5. The van der Waals surface area contributed by atoms with E-state index in [-0.39, 0.29) is 18.0 Å². The lowest BCUT2D eigenvalue weighted by Crippen LogP contribution is -2.52. The van der Waals surface area contributed by atoms with Crippen molar-refractivity contribution in [2.45, 2.75) is 24.8 Å². The fraction of sp³-hybridized carbons (Fsp3) is 0.261. The molecule has 3 rings (SSSR count). The minimum Gasteiger partial charge on any atom is -0.492 e. The van der Waals surface area contributed by atoms with Crippen LogP contribution in [0.3, 0.4) is 0 Å². The normalized spacial score (nSPS) is 12.8. The Balaban J connectivity index is 1.94. The SMILES string of the molecule is CC(C)C(C(=O)NO)N(CCOc1ccc(Cl)cc1)S(=O)(=O)c1ccc2ccccc2c1. The Bertz CT molecular complexity index is 1180. The van der Waals surface area contributed by atoms with Crippen molar-refractivity contribution in [3.63, 3.8) is 0 Å². The van der Waals surface area contributed by atoms with Crippen LogP contribution in [0, 0.1) is 5.92 Å². The molecule has 7 nitrogen and oxygen atoms in total. The first-order valence-corrected chi connectivity index (χ1v) is 11.9. The second-order valence-corrected chi connectivity index (χ2v) is 9.92. The maximum Gasteiger partial charge on any atom is 0.262 e. The van der Waals surface area contributed by atoms with Gasteiger partial charge in [0, 0.05) is 11.6 Å². The van der Waals surface area contributed by atoms with E-state index in [4.69, 9.17) is 16.3 Å². The smallest absolute Gasteiger partial charge is 0.262 e. The molecule has 0 saturated carbocycles. The molecule has 0 bridgehead atoms. The van der Waals surface area contributed by atoms with Crippen molar-refractivity contribution >= 4 is 38.3 Å². The number of hydrogen-bond acceptors (Lipinski definition) is 5. The zero-order valence-corrected chi connectivity index (χ0v) is 19.3. The van der Waals surface area contributed by atoms with E-state index in [0.717, 1.165) is 15.1 Å². The van der Waals surface area contributed by atoms with E-state index in [0.29, 0.717) is 10.8 Å². The number of sulfonamides is 1. The van der Waals surface area contributed by atoms with Crippen LogP contribution < -0.4 is 10.2 Å². The van der Waals surface area contributed by atoms with Crippen LogP contribution in [0.15, 0.2) is 71.6 Å². The van der Waals surface area contributed by atoms with Gasteiger partial charge in [-0.2, -0.15) is 4.31 Å². The van der Waals surface area contributed by atoms with Crippen molar-refractivity contribution in [3.05, 3.63) is 71.8 Å². The van der Waals surface area contributed by atoms with Gasteiger partial charge in [-0.15, -0.1) is 0 Å². The molecule has 0 aliphatic carbocycles. The number of carbonyl (C=O) groups is 1. The Kier molecular flexibility index (Phi) is 7.73. The Morgan fingerprint density at radius 3 is 2.34 bits per heavy atom. The fourth-order valence-electron chi connectivity index (χ4n) is 3.49. The Labute approximate surface area is 192 Å². The summed E-state index contributed by atoms with van der Waals surface area (Å²) in [5.74, 6) is -0.700. The van der Waals surface area contributed by atoms with E-state index in [1.165, 1.54) is 6.07 Å². The quantitative estimate of drug-likeness (QED) is 0.358. The topological polar surface area (TPSA) is 95.9 Å². The molecule has 1 unspecified atom stereocenters. The van der Waals surface area contributed by atoms with Crippen molar-refractivity contribution in [1.82, 2.24) is 9.79 Å². The number of rotatable bonds is 9. The predicted octanol–water partition coefficient (Wildman–Crippen LogP) is 4.09. The van der Waals surface area contributed by atoms with Crippen LogP contribution in [0.4, 0.5) is 0 Å². The monoisotopic (exact) mass is 476 g/mol. The number of nitrogens with zero attached hydrogens (tertiary/aromatic N) is 1. The number of nitrogens with one attached hydrogen (secondary N) is 1. The zero-order chi connectivity index (χ0) is 23.3. The molecule has 1 atom stereocenters. The highest BCUT2D eigenvalue weighted by atomic mass is 35.5. The second kappa shape index (κ2) is 10.3. The number of ether oxygens (including phenoxy) is 1. The first kappa shape index (κ1) is 24.0. The fourth-order valence-corrected chi connectivity index (χ4v) is 5.35. The summed E-state index contributed by atoms with van der Waals surface area (Å²) in [5.41, 5.74) is 1.59. The van der Waals surface area contributed by atoms with Crippen molar-refractivity contribution < 1.29 is 23.2 Å². The second-order valence-electron chi connectivity index (χ2n) is 7.59. The van der Waals surface area contributed by atoms with Gasteiger partial charge in [0.05, 0.1) is 4.90 Å². The zero-order valence-electron chi connectivity index (χ0n) is 17.7. The summed E-state index contributed by atoms with van der Waals surface area (Å²) in [4.78, 5) is 12.5. The number of amides is 1. The average Bonchev–Trinajstić information content (AvgIpc) is 2.78. The first-order chi connectivity index (χ1) is 15.2. The van der Waals surface area contributed by atoms with Crippen LogP contribution in [-0.4, -0.2) is 43.0 Å². The molecule has 0 saturated heterocycles. The number of benzene rings is 3. The van der Waals surface area contributed by atoms with E-state index < -0.39 is 27.9 Å². The third kappa shape index (κ3) is 5.39. The van der Waals surface area contributed by atoms with Gasteiger partial charge in [-0.1, -0.05) is 55.8 Å². The molecule has 9 heteroatoms. The van der Waals surface area contributed by atoms with Crippen LogP contribution in [0.5, 0.6) is 5.75 Å². The molecule has 0 spiro atoms. The van der Waals surface area contributed by atoms with Gasteiger partial charge in [-0.05, 0) is 53.1 Å². The van der Waals surface area contributed by atoms with Gasteiger partial charge in [0.2, 0.25) is 10.0 Å². The molecule has 0 aliphatic heterocycles. The van der Waals surface area contributed by atoms with Crippen molar-refractivity contribution in [3.8, 4) is 5.75 Å². The lowest BCUT2D eigenvalue weighted by atomic mass is 10.0. The van der Waals surface area contributed by atoms with Crippen LogP contribution in [0.2, 0.25) is 5.02 Å². The van der Waals surface area contributed by atoms with E-state index in [1.807, 2.05) is 24.3 Å². The van der Waals surface area contributed by atoms with Gasteiger partial charge >= 0.3 is 0 Å². The van der Waals surface area contributed by atoms with Crippen molar-refractivity contribution in [1.29, 1.82) is 0 Å². The lowest BCUT2D eigenvalue weighted by Gasteiger charge is -2.31. The third-order valence-electron chi connectivity index (χ3n) is 5.04. The van der Waals surface area contributed by atoms with Crippen LogP contribution in [-0.2, 0) is 14.8 Å². The van der Waals surface area contributed by atoms with Crippen LogP contribution in [0.1, 0.15) is 13.8 Å². The molecule has 0 radical (unpaired) electrons. The molecule has 0 fully saturated rings. The van der Waals surface area contributed by atoms with Gasteiger partial charge in [-0.25, -0.2) is 13.9 Å². The maximum absolute atomic E-state index is 13.6. The maximum atomic E-state index is 13.6. The molecule has 0 aromatic heterocycles. The third-order valence-corrected chi connectivity index (χ3v) is 7.17. The van der Waals surface area contributed by atoms with Gasteiger partial charge in [0.15, 0.2) is 0 Å². The minimum absolute atomic E-state index is 0.00360. The number of halogens is 1. The first-order valence-electron chi connectivity index (χ1n) is 10.1. The predicted molar refractivity (Wildman–Crippen MR) is 123 cm³/mol. The van der Waals surface area contributed by atoms with E-state index in [1.54, 1.807) is 55.7 Å². The summed E-state index contributed by atoms with van der Waals surface area (Å²) in [6.07, 6.45) is 0. The van der Waals surface area contributed by atoms with Gasteiger partial charge in [-0.3, -0.25) is 10.0 Å². The summed E-state index contributed by atoms with van der Waals surface area (Å²) in [7, 11) is -4.09. The van der Waals surface area contributed by atoms with Crippen LogP contribution in [0.25, 0.3) is 10.8 Å². The van der Waals surface area contributed by atoms with Gasteiger partial charge < -0.3 is 4.74 Å². The average molecular weight is 477 g/mol. The molecule has 3 aromatic rings. The Morgan fingerprint density at radius 1 is 1.06 bits per heavy atom. The number of carbonyl (C=O) groups excluding carboxylic acids is 1. The molecule has 0 heterocycles. The van der Waals surface area contributed by atoms with Gasteiger partial charge in [0.1, 0.15) is 18.4 Å². The summed E-state index contributed by atoms with van der Waals surface area (Å²) in [6.45, 7) is 3.32. The number of hydroxylamine groups is 1.